The van der Waals surface area contributed by atoms with Gasteiger partial charge in [0, 0.05) is 23.8 Å². The van der Waals surface area contributed by atoms with E-state index in [4.69, 9.17) is 0 Å². The average Bonchev–Trinajstić information content (AvgIpc) is 3.18. The quantitative estimate of drug-likeness (QED) is 0.234. The number of hydrogen-bond donors (Lipinski definition) is 2. The molecule has 2 aromatic carbocycles. The Bertz CT molecular complexity index is 1300. The van der Waals surface area contributed by atoms with E-state index in [9.17, 15) is 4.79 Å². The molecule has 0 unspecified atom stereocenters. The first-order chi connectivity index (χ1) is 16.0. The zero-order valence-electron chi connectivity index (χ0n) is 18.7. The fourth-order valence-electron chi connectivity index (χ4n) is 3.45. The molecule has 0 aliphatic carbocycles. The highest BCUT2D eigenvalue weighted by molar-refractivity contribution is 7.99. The molecule has 0 spiro atoms. The van der Waals surface area contributed by atoms with Crippen LogP contribution in [0.15, 0.2) is 70.9 Å². The largest absolute Gasteiger partial charge is 0.375 e. The van der Waals surface area contributed by atoms with Crippen LogP contribution in [0.4, 0.5) is 5.69 Å². The molecule has 9 heteroatoms. The van der Waals surface area contributed by atoms with E-state index in [1.54, 1.807) is 0 Å². The first kappa shape index (κ1) is 22.5. The minimum Gasteiger partial charge on any atom is -0.375 e. The van der Waals surface area contributed by atoms with Crippen LogP contribution in [0.1, 0.15) is 30.2 Å². The van der Waals surface area contributed by atoms with Crippen LogP contribution in [0, 0.1) is 6.92 Å². The van der Waals surface area contributed by atoms with Crippen LogP contribution in [0.2, 0.25) is 0 Å². The van der Waals surface area contributed by atoms with Gasteiger partial charge in [-0.15, -0.1) is 10.2 Å². The van der Waals surface area contributed by atoms with E-state index >= 15 is 0 Å². The number of pyridine rings is 1. The lowest BCUT2D eigenvalue weighted by Crippen LogP contribution is -2.20. The van der Waals surface area contributed by atoms with E-state index in [1.807, 2.05) is 61.9 Å². The number of thioether (sulfide) groups is 1. The molecule has 33 heavy (non-hydrogen) atoms. The molecule has 1 atom stereocenters. The second-order valence-electron chi connectivity index (χ2n) is 7.58. The summed E-state index contributed by atoms with van der Waals surface area (Å²) in [6.45, 7) is 3.95. The average molecular weight is 460 g/mol. The lowest BCUT2D eigenvalue weighted by molar-refractivity contribution is -0.118. The van der Waals surface area contributed by atoms with E-state index in [0.717, 1.165) is 22.6 Å². The maximum atomic E-state index is 12.2. The fourth-order valence-corrected chi connectivity index (χ4v) is 4.16. The number of fused-ring (bicyclic) bond motifs is 1. The molecule has 4 rings (SSSR count). The Balaban J connectivity index is 1.35. The van der Waals surface area contributed by atoms with Crippen LogP contribution in [-0.4, -0.2) is 37.6 Å². The van der Waals surface area contributed by atoms with Gasteiger partial charge < -0.3 is 9.88 Å². The van der Waals surface area contributed by atoms with Gasteiger partial charge in [-0.05, 0) is 37.4 Å². The van der Waals surface area contributed by atoms with Crippen molar-refractivity contribution in [2.45, 2.75) is 25.0 Å². The Morgan fingerprint density at radius 1 is 1.12 bits per heavy atom. The molecule has 2 N–H and O–H groups in total. The van der Waals surface area contributed by atoms with Gasteiger partial charge in [-0.3, -0.25) is 9.78 Å². The number of hydrogen-bond acceptors (Lipinski definition) is 7. The minimum absolute atomic E-state index is 0.0667. The van der Waals surface area contributed by atoms with Gasteiger partial charge >= 0.3 is 0 Å². The maximum absolute atomic E-state index is 12.2. The first-order valence-corrected chi connectivity index (χ1v) is 11.5. The van der Waals surface area contributed by atoms with Crippen LogP contribution >= 0.6 is 11.8 Å². The molecular formula is C24H25N7OS. The molecule has 0 radical (unpaired) electrons. The number of benzene rings is 2. The Kier molecular flexibility index (Phi) is 6.99. The summed E-state index contributed by atoms with van der Waals surface area (Å²) >= 11 is 1.31. The Morgan fingerprint density at radius 2 is 1.91 bits per heavy atom. The van der Waals surface area contributed by atoms with Gasteiger partial charge in [0.2, 0.25) is 0 Å². The third-order valence-electron chi connectivity index (χ3n) is 5.05. The van der Waals surface area contributed by atoms with Crippen LogP contribution in [-0.2, 0) is 11.8 Å². The van der Waals surface area contributed by atoms with E-state index in [0.29, 0.717) is 10.9 Å². The number of nitrogens with zero attached hydrogens (tertiary/aromatic N) is 5. The van der Waals surface area contributed by atoms with Crippen molar-refractivity contribution < 1.29 is 4.79 Å². The first-order valence-electron chi connectivity index (χ1n) is 10.5. The molecule has 0 bridgehead atoms. The number of aromatic nitrogens is 4. The van der Waals surface area contributed by atoms with Crippen molar-refractivity contribution in [1.29, 1.82) is 0 Å². The highest BCUT2D eigenvalue weighted by atomic mass is 32.2. The summed E-state index contributed by atoms with van der Waals surface area (Å²) in [5.41, 5.74) is 5.14. The van der Waals surface area contributed by atoms with Gasteiger partial charge in [-0.2, -0.15) is 5.10 Å². The van der Waals surface area contributed by atoms with Crippen molar-refractivity contribution in [3.8, 4) is 0 Å². The number of anilines is 1. The molecule has 168 valence electrons. The molecule has 2 heterocycles. The summed E-state index contributed by atoms with van der Waals surface area (Å²) in [5, 5.41) is 19.1. The molecule has 0 saturated heterocycles. The predicted molar refractivity (Wildman–Crippen MR) is 132 cm³/mol. The number of carbonyl (C=O) groups is 1. The second kappa shape index (κ2) is 10.3. The molecule has 0 saturated carbocycles. The summed E-state index contributed by atoms with van der Waals surface area (Å²) in [6.07, 6.45) is 1.52. The van der Waals surface area contributed by atoms with Crippen molar-refractivity contribution in [2.75, 3.05) is 11.1 Å². The van der Waals surface area contributed by atoms with Crippen LogP contribution in [0.5, 0.6) is 0 Å². The SMILES string of the molecule is Cc1cccc(/C=N\NC(=O)CSc2nnc([C@@H](C)Nc3cccc4ccccc34)n2C)n1. The van der Waals surface area contributed by atoms with Gasteiger partial charge in [0.15, 0.2) is 11.0 Å². The molecular weight excluding hydrogens is 434 g/mol. The maximum Gasteiger partial charge on any atom is 0.250 e. The number of amides is 1. The smallest absolute Gasteiger partial charge is 0.250 e. The van der Waals surface area contributed by atoms with Crippen molar-refractivity contribution in [1.82, 2.24) is 25.2 Å². The zero-order chi connectivity index (χ0) is 23.2. The molecule has 1 amide bonds. The minimum atomic E-state index is -0.226. The topological polar surface area (TPSA) is 97.1 Å². The summed E-state index contributed by atoms with van der Waals surface area (Å²) < 4.78 is 1.90. The molecule has 2 aromatic heterocycles. The number of hydrazone groups is 1. The van der Waals surface area contributed by atoms with Gasteiger partial charge in [0.05, 0.1) is 23.7 Å². The van der Waals surface area contributed by atoms with Crippen LogP contribution in [0.25, 0.3) is 10.8 Å². The lowest BCUT2D eigenvalue weighted by Gasteiger charge is -2.16. The second-order valence-corrected chi connectivity index (χ2v) is 8.52. The highest BCUT2D eigenvalue weighted by Gasteiger charge is 2.17. The van der Waals surface area contributed by atoms with Gasteiger partial charge in [-0.25, -0.2) is 5.43 Å². The monoisotopic (exact) mass is 459 g/mol. The number of aryl methyl sites for hydroxylation is 1. The van der Waals surface area contributed by atoms with Gasteiger partial charge in [-0.1, -0.05) is 54.2 Å². The summed E-state index contributed by atoms with van der Waals surface area (Å²) in [4.78, 5) is 16.5. The number of nitrogens with one attached hydrogen (secondary N) is 2. The number of carbonyl (C=O) groups excluding carboxylic acids is 1. The van der Waals surface area contributed by atoms with Crippen molar-refractivity contribution in [3.05, 3.63) is 77.9 Å². The van der Waals surface area contributed by atoms with Crippen LogP contribution < -0.4 is 10.7 Å². The molecule has 8 nitrogen and oxygen atoms in total. The Morgan fingerprint density at radius 3 is 2.76 bits per heavy atom. The zero-order valence-corrected chi connectivity index (χ0v) is 19.5. The molecule has 0 aliphatic heterocycles. The van der Waals surface area contributed by atoms with Gasteiger partial charge in [0.25, 0.3) is 5.91 Å². The van der Waals surface area contributed by atoms with E-state index in [2.05, 4.69) is 55.3 Å². The van der Waals surface area contributed by atoms with E-state index < -0.39 is 0 Å². The Labute approximate surface area is 196 Å². The van der Waals surface area contributed by atoms with Crippen molar-refractivity contribution in [2.24, 2.45) is 12.1 Å². The predicted octanol–water partition coefficient (Wildman–Crippen LogP) is 4.09. The van der Waals surface area contributed by atoms with Gasteiger partial charge in [0.1, 0.15) is 0 Å². The molecule has 0 aliphatic rings. The van der Waals surface area contributed by atoms with Crippen molar-refractivity contribution in [3.63, 3.8) is 0 Å². The fraction of sp³-hybridized carbons (Fsp3) is 0.208. The Hall–Kier alpha value is -3.72. The third-order valence-corrected chi connectivity index (χ3v) is 6.07. The highest BCUT2D eigenvalue weighted by Crippen LogP contribution is 2.27. The molecule has 4 aromatic rings. The van der Waals surface area contributed by atoms with Crippen LogP contribution in [0.3, 0.4) is 0 Å². The van der Waals surface area contributed by atoms with Crippen molar-refractivity contribution >= 4 is 40.3 Å². The lowest BCUT2D eigenvalue weighted by atomic mass is 10.1. The number of rotatable bonds is 8. The summed E-state index contributed by atoms with van der Waals surface area (Å²) in [5.74, 6) is 0.736. The standard InChI is InChI=1S/C24H25N7OS/c1-16-8-6-11-19(26-16)14-25-28-22(32)15-33-24-30-29-23(31(24)3)17(2)27-21-13-7-10-18-9-4-5-12-20(18)21/h4-14,17,27H,15H2,1-3H3,(H,28,32)/b25-14-/t17-/m1/s1. The van der Waals surface area contributed by atoms with E-state index in [1.165, 1.54) is 23.4 Å². The normalized spacial score (nSPS) is 12.2. The van der Waals surface area contributed by atoms with E-state index in [-0.39, 0.29) is 17.7 Å². The summed E-state index contributed by atoms with van der Waals surface area (Å²) in [6, 6.07) is 20.0. The third kappa shape index (κ3) is 5.56. The molecule has 0 fully saturated rings. The summed E-state index contributed by atoms with van der Waals surface area (Å²) in [7, 11) is 1.90.